The Bertz CT molecular complexity index is 949. The van der Waals surface area contributed by atoms with Gasteiger partial charge in [-0.3, -0.25) is 4.79 Å². The fraction of sp³-hybridized carbons (Fsp3) is 0.0526. The number of nitrogens with zero attached hydrogens (tertiary/aromatic N) is 1. The number of nitrogens with one attached hydrogen (secondary N) is 2. The van der Waals surface area contributed by atoms with Crippen molar-refractivity contribution in [2.45, 2.75) is 6.92 Å². The topological polar surface area (TPSA) is 87.4 Å². The van der Waals surface area contributed by atoms with E-state index >= 15 is 0 Å². The summed E-state index contributed by atoms with van der Waals surface area (Å²) < 4.78 is 5.23. The van der Waals surface area contributed by atoms with Crippen LogP contribution in [0, 0.1) is 6.92 Å². The molecule has 0 atom stereocenters. The Hall–Kier alpha value is -3.25. The van der Waals surface area contributed by atoms with E-state index in [1.54, 1.807) is 55.5 Å². The third-order valence-electron chi connectivity index (χ3n) is 3.47. The van der Waals surface area contributed by atoms with Crippen LogP contribution in [0.25, 0.3) is 5.57 Å². The van der Waals surface area contributed by atoms with Crippen LogP contribution in [0.3, 0.4) is 0 Å². The minimum absolute atomic E-state index is 0.117. The van der Waals surface area contributed by atoms with Gasteiger partial charge in [-0.15, -0.1) is 0 Å². The van der Waals surface area contributed by atoms with Gasteiger partial charge >= 0.3 is 0 Å². The molecule has 0 unspecified atom stereocenters. The van der Waals surface area contributed by atoms with Crippen LogP contribution < -0.4 is 10.6 Å². The number of aromatic nitrogens is 1. The van der Waals surface area contributed by atoms with Crippen LogP contribution in [0.1, 0.15) is 11.5 Å². The summed E-state index contributed by atoms with van der Waals surface area (Å²) in [6, 6.07) is 15.0. The van der Waals surface area contributed by atoms with E-state index < -0.39 is 0 Å². The number of carbonyl (C=O) groups is 1. The Morgan fingerprint density at radius 2 is 1.92 bits per heavy atom. The van der Waals surface area contributed by atoms with Gasteiger partial charge in [0.2, 0.25) is 0 Å². The molecule has 2 aromatic carbocycles. The molecule has 0 aliphatic rings. The van der Waals surface area contributed by atoms with Crippen molar-refractivity contribution in [2.24, 2.45) is 0 Å². The number of aryl methyl sites for hydroxylation is 1. The lowest BCUT2D eigenvalue weighted by atomic mass is 10.2. The van der Waals surface area contributed by atoms with Gasteiger partial charge < -0.3 is 20.3 Å². The molecule has 0 spiro atoms. The van der Waals surface area contributed by atoms with Gasteiger partial charge in [-0.2, -0.15) is 0 Å². The number of halogens is 1. The molecule has 7 heteroatoms. The van der Waals surface area contributed by atoms with E-state index in [1.165, 1.54) is 12.3 Å². The standard InChI is InChI=1S/C19H16ClN3O3/c1-12-9-18(26-23-12)17(11-21-15-3-2-4-16(24)10-15)19(25)22-14-7-5-13(20)6-8-14/h2-11,21,24H,1H3,(H,22,25)/b17-11-. The van der Waals surface area contributed by atoms with Crippen molar-refractivity contribution in [1.29, 1.82) is 0 Å². The molecule has 0 saturated carbocycles. The Balaban J connectivity index is 1.86. The number of benzene rings is 2. The summed E-state index contributed by atoms with van der Waals surface area (Å²) in [6.45, 7) is 1.77. The molecule has 6 nitrogen and oxygen atoms in total. The van der Waals surface area contributed by atoms with Crippen LogP contribution in [0.15, 0.2) is 65.3 Å². The fourth-order valence-corrected chi connectivity index (χ4v) is 2.35. The Labute approximate surface area is 155 Å². The van der Waals surface area contributed by atoms with E-state index in [0.29, 0.717) is 27.9 Å². The normalized spacial score (nSPS) is 11.2. The summed E-state index contributed by atoms with van der Waals surface area (Å²) >= 11 is 5.86. The first kappa shape index (κ1) is 17.6. The quantitative estimate of drug-likeness (QED) is 0.579. The van der Waals surface area contributed by atoms with E-state index in [9.17, 15) is 9.90 Å². The third-order valence-corrected chi connectivity index (χ3v) is 3.72. The van der Waals surface area contributed by atoms with Crippen LogP contribution in [-0.2, 0) is 4.79 Å². The van der Waals surface area contributed by atoms with Crippen molar-refractivity contribution in [1.82, 2.24) is 5.16 Å². The SMILES string of the molecule is Cc1cc(/C(=C/Nc2cccc(O)c2)C(=O)Nc2ccc(Cl)cc2)on1. The molecule has 1 heterocycles. The lowest BCUT2D eigenvalue weighted by Gasteiger charge is -2.08. The molecular formula is C19H16ClN3O3. The van der Waals surface area contributed by atoms with E-state index in [1.807, 2.05) is 0 Å². The smallest absolute Gasteiger partial charge is 0.261 e. The zero-order chi connectivity index (χ0) is 18.5. The molecule has 0 aliphatic carbocycles. The summed E-state index contributed by atoms with van der Waals surface area (Å²) in [7, 11) is 0. The van der Waals surface area contributed by atoms with Crippen LogP contribution in [0.5, 0.6) is 5.75 Å². The first-order chi connectivity index (χ1) is 12.5. The predicted molar refractivity (Wildman–Crippen MR) is 101 cm³/mol. The summed E-state index contributed by atoms with van der Waals surface area (Å²) in [4.78, 5) is 12.7. The van der Waals surface area contributed by atoms with Gasteiger partial charge in [0.25, 0.3) is 5.91 Å². The number of carbonyl (C=O) groups excluding carboxylic acids is 1. The first-order valence-electron chi connectivity index (χ1n) is 7.77. The number of phenols is 1. The highest BCUT2D eigenvalue weighted by atomic mass is 35.5. The number of anilines is 2. The third kappa shape index (κ3) is 4.43. The number of hydrogen-bond acceptors (Lipinski definition) is 5. The number of phenolic OH excluding ortho intramolecular Hbond substituents is 1. The zero-order valence-electron chi connectivity index (χ0n) is 13.9. The second-order valence-electron chi connectivity index (χ2n) is 5.55. The molecule has 1 amide bonds. The average molecular weight is 370 g/mol. The summed E-state index contributed by atoms with van der Waals surface area (Å²) in [5, 5.41) is 19.7. The zero-order valence-corrected chi connectivity index (χ0v) is 14.6. The van der Waals surface area contributed by atoms with Crippen molar-refractivity contribution >= 4 is 34.5 Å². The van der Waals surface area contributed by atoms with E-state index in [4.69, 9.17) is 16.1 Å². The maximum absolute atomic E-state index is 12.7. The largest absolute Gasteiger partial charge is 0.508 e. The van der Waals surface area contributed by atoms with Gasteiger partial charge in [0, 0.05) is 34.7 Å². The summed E-state index contributed by atoms with van der Waals surface area (Å²) in [5.41, 5.74) is 2.13. The second-order valence-corrected chi connectivity index (χ2v) is 5.98. The highest BCUT2D eigenvalue weighted by molar-refractivity contribution is 6.30. The molecule has 0 bridgehead atoms. The van der Waals surface area contributed by atoms with Gasteiger partial charge in [-0.25, -0.2) is 0 Å². The molecule has 0 fully saturated rings. The van der Waals surface area contributed by atoms with Crippen molar-refractivity contribution in [3.8, 4) is 5.75 Å². The number of hydrogen-bond donors (Lipinski definition) is 3. The maximum Gasteiger partial charge on any atom is 0.261 e. The minimum Gasteiger partial charge on any atom is -0.508 e. The maximum atomic E-state index is 12.7. The minimum atomic E-state index is -0.379. The van der Waals surface area contributed by atoms with E-state index in [2.05, 4.69) is 15.8 Å². The summed E-state index contributed by atoms with van der Waals surface area (Å²) in [5.74, 6) is 0.0591. The Kier molecular flexibility index (Phi) is 5.24. The van der Waals surface area contributed by atoms with Crippen molar-refractivity contribution in [3.05, 3.63) is 77.3 Å². The highest BCUT2D eigenvalue weighted by Gasteiger charge is 2.17. The molecule has 3 rings (SSSR count). The molecule has 0 radical (unpaired) electrons. The second kappa shape index (κ2) is 7.76. The van der Waals surface area contributed by atoms with Crippen LogP contribution >= 0.6 is 11.6 Å². The van der Waals surface area contributed by atoms with Gasteiger partial charge in [0.1, 0.15) is 11.3 Å². The van der Waals surface area contributed by atoms with Gasteiger partial charge in [-0.1, -0.05) is 22.8 Å². The van der Waals surface area contributed by atoms with Gasteiger partial charge in [0.15, 0.2) is 5.76 Å². The van der Waals surface area contributed by atoms with Crippen molar-refractivity contribution in [2.75, 3.05) is 10.6 Å². The summed E-state index contributed by atoms with van der Waals surface area (Å²) in [6.07, 6.45) is 1.50. The van der Waals surface area contributed by atoms with Crippen LogP contribution in [0.4, 0.5) is 11.4 Å². The molecule has 26 heavy (non-hydrogen) atoms. The van der Waals surface area contributed by atoms with Crippen LogP contribution in [0.2, 0.25) is 5.02 Å². The van der Waals surface area contributed by atoms with Gasteiger partial charge in [-0.05, 0) is 43.3 Å². The molecule has 3 N–H and O–H groups in total. The molecule has 132 valence electrons. The van der Waals surface area contributed by atoms with Gasteiger partial charge in [0.05, 0.1) is 5.69 Å². The Morgan fingerprint density at radius 3 is 2.58 bits per heavy atom. The Morgan fingerprint density at radius 1 is 1.15 bits per heavy atom. The van der Waals surface area contributed by atoms with Crippen molar-refractivity contribution < 1.29 is 14.4 Å². The number of amides is 1. The van der Waals surface area contributed by atoms with E-state index in [-0.39, 0.29) is 17.2 Å². The van der Waals surface area contributed by atoms with E-state index in [0.717, 1.165) is 0 Å². The molecule has 1 aromatic heterocycles. The molecule has 0 aliphatic heterocycles. The van der Waals surface area contributed by atoms with Crippen LogP contribution in [-0.4, -0.2) is 16.2 Å². The average Bonchev–Trinajstić information content (AvgIpc) is 3.03. The first-order valence-corrected chi connectivity index (χ1v) is 8.15. The fourth-order valence-electron chi connectivity index (χ4n) is 2.22. The van der Waals surface area contributed by atoms with Crippen molar-refractivity contribution in [3.63, 3.8) is 0 Å². The molecule has 3 aromatic rings. The monoisotopic (exact) mass is 369 g/mol. The predicted octanol–water partition coefficient (Wildman–Crippen LogP) is 4.43. The highest BCUT2D eigenvalue weighted by Crippen LogP contribution is 2.21. The lowest BCUT2D eigenvalue weighted by molar-refractivity contribution is -0.111. The number of aromatic hydroxyl groups is 1. The number of rotatable bonds is 5. The lowest BCUT2D eigenvalue weighted by Crippen LogP contribution is -2.14. The molecular weight excluding hydrogens is 354 g/mol. The molecule has 0 saturated heterocycles.